The van der Waals surface area contributed by atoms with Crippen LogP contribution in [-0.2, 0) is 4.79 Å². The molecule has 100 valence electrons. The van der Waals surface area contributed by atoms with Crippen LogP contribution in [0.15, 0.2) is 12.1 Å². The summed E-state index contributed by atoms with van der Waals surface area (Å²) in [5.74, 6) is -0.945. The molecule has 0 spiro atoms. The number of hydrogen-bond donors (Lipinski definition) is 3. The molecule has 0 saturated heterocycles. The molecule has 0 atom stereocenters. The van der Waals surface area contributed by atoms with E-state index in [1.54, 1.807) is 7.05 Å². The molecule has 19 heavy (non-hydrogen) atoms. The highest BCUT2D eigenvalue weighted by Crippen LogP contribution is 2.38. The summed E-state index contributed by atoms with van der Waals surface area (Å²) in [4.78, 5) is 24.6. The maximum Gasteiger partial charge on any atom is 0.264 e. The third kappa shape index (κ3) is 2.45. The van der Waals surface area contributed by atoms with E-state index in [2.05, 4.69) is 5.32 Å². The van der Waals surface area contributed by atoms with Crippen LogP contribution in [0.4, 0.5) is 5.69 Å². The zero-order valence-electron chi connectivity index (χ0n) is 9.99. The monoisotopic (exact) mass is 282 g/mol. The molecule has 1 aromatic rings. The first-order chi connectivity index (χ1) is 8.90. The predicted octanol–water partition coefficient (Wildman–Crippen LogP) is 0.318. The van der Waals surface area contributed by atoms with Crippen molar-refractivity contribution in [3.8, 4) is 5.75 Å². The largest absolute Gasteiger partial charge is 0.480 e. The minimum Gasteiger partial charge on any atom is -0.480 e. The first-order valence-corrected chi connectivity index (χ1v) is 5.66. The molecule has 2 amide bonds. The molecule has 0 aliphatic carbocycles. The highest BCUT2D eigenvalue weighted by Gasteiger charge is 2.26. The molecule has 0 unspecified atom stereocenters. The summed E-state index contributed by atoms with van der Waals surface area (Å²) in [5, 5.41) is 9.36. The fourth-order valence-electron chi connectivity index (χ4n) is 1.66. The van der Waals surface area contributed by atoms with Crippen LogP contribution in [0.3, 0.4) is 0 Å². The van der Waals surface area contributed by atoms with Gasteiger partial charge in [0.2, 0.25) is 0 Å². The van der Waals surface area contributed by atoms with Crippen LogP contribution >= 0.6 is 11.6 Å². The highest BCUT2D eigenvalue weighted by atomic mass is 35.5. The van der Waals surface area contributed by atoms with Crippen LogP contribution in [0.25, 0.3) is 0 Å². The maximum atomic E-state index is 11.7. The van der Waals surface area contributed by atoms with Gasteiger partial charge in [0.15, 0.2) is 18.3 Å². The second-order valence-electron chi connectivity index (χ2n) is 3.92. The van der Waals surface area contributed by atoms with Gasteiger partial charge in [0, 0.05) is 12.6 Å². The minimum absolute atomic E-state index is 0.0950. The number of benzene rings is 1. The Hall–Kier alpha value is -2.28. The molecular formula is C11H11ClN4O3. The number of likely N-dealkylation sites (N-methyl/N-ethyl adjacent to an activating group) is 1. The Balaban J connectivity index is 2.45. The molecule has 7 nitrogen and oxygen atoms in total. The molecule has 1 heterocycles. The number of hydrogen-bond acceptors (Lipinski definition) is 4. The molecule has 1 aliphatic rings. The Bertz CT molecular complexity index is 588. The number of anilines is 1. The Morgan fingerprint density at radius 3 is 2.89 bits per heavy atom. The molecule has 8 heteroatoms. The lowest BCUT2D eigenvalue weighted by atomic mass is 10.1. The highest BCUT2D eigenvalue weighted by molar-refractivity contribution is 6.33. The molecule has 2 rings (SSSR count). The van der Waals surface area contributed by atoms with Gasteiger partial charge in [-0.3, -0.25) is 20.3 Å². The summed E-state index contributed by atoms with van der Waals surface area (Å²) in [6.07, 6.45) is 0. The van der Waals surface area contributed by atoms with Crippen LogP contribution in [0.1, 0.15) is 10.4 Å². The van der Waals surface area contributed by atoms with Crippen molar-refractivity contribution in [2.75, 3.05) is 18.6 Å². The molecular weight excluding hydrogens is 272 g/mol. The van der Waals surface area contributed by atoms with Gasteiger partial charge >= 0.3 is 0 Å². The van der Waals surface area contributed by atoms with Crippen LogP contribution in [0.5, 0.6) is 5.75 Å². The molecule has 0 radical (unpaired) electrons. The average molecular weight is 283 g/mol. The van der Waals surface area contributed by atoms with E-state index in [0.29, 0.717) is 11.4 Å². The van der Waals surface area contributed by atoms with Crippen LogP contribution < -0.4 is 20.7 Å². The molecule has 0 fully saturated rings. The van der Waals surface area contributed by atoms with Crippen molar-refractivity contribution in [3.63, 3.8) is 0 Å². The Morgan fingerprint density at radius 1 is 1.58 bits per heavy atom. The van der Waals surface area contributed by atoms with E-state index in [1.807, 2.05) is 0 Å². The van der Waals surface area contributed by atoms with Crippen molar-refractivity contribution in [2.45, 2.75) is 0 Å². The van der Waals surface area contributed by atoms with E-state index in [9.17, 15) is 9.59 Å². The quantitative estimate of drug-likeness (QED) is 0.509. The number of guanidine groups is 1. The van der Waals surface area contributed by atoms with Crippen LogP contribution in [-0.4, -0.2) is 31.4 Å². The molecule has 0 saturated carbocycles. The van der Waals surface area contributed by atoms with Crippen molar-refractivity contribution in [3.05, 3.63) is 22.7 Å². The summed E-state index contributed by atoms with van der Waals surface area (Å²) < 4.78 is 5.23. The number of rotatable bonds is 1. The second kappa shape index (κ2) is 4.77. The number of carbonyl (C=O) groups is 2. The van der Waals surface area contributed by atoms with Gasteiger partial charge in [0.1, 0.15) is 0 Å². The third-order valence-electron chi connectivity index (χ3n) is 2.61. The zero-order valence-corrected chi connectivity index (χ0v) is 10.7. The van der Waals surface area contributed by atoms with Gasteiger partial charge in [-0.2, -0.15) is 0 Å². The number of ether oxygens (including phenoxy) is 1. The van der Waals surface area contributed by atoms with Crippen molar-refractivity contribution >= 4 is 35.1 Å². The summed E-state index contributed by atoms with van der Waals surface area (Å²) in [5.41, 5.74) is 5.67. The van der Waals surface area contributed by atoms with Crippen molar-refractivity contribution < 1.29 is 14.3 Å². The summed E-state index contributed by atoms with van der Waals surface area (Å²) in [6, 6.07) is 2.85. The van der Waals surface area contributed by atoms with Gasteiger partial charge in [-0.1, -0.05) is 11.6 Å². The molecule has 0 aromatic heterocycles. The zero-order chi connectivity index (χ0) is 14.2. The van der Waals surface area contributed by atoms with Gasteiger partial charge in [-0.25, -0.2) is 0 Å². The number of nitrogens with zero attached hydrogens (tertiary/aromatic N) is 1. The second-order valence-corrected chi connectivity index (χ2v) is 4.32. The molecule has 0 bridgehead atoms. The number of fused-ring (bicyclic) bond motifs is 1. The Labute approximate surface area is 113 Å². The van der Waals surface area contributed by atoms with Gasteiger partial charge in [0.05, 0.1) is 10.7 Å². The fourth-order valence-corrected chi connectivity index (χ4v) is 1.93. The maximum absolute atomic E-state index is 11.7. The normalized spacial score (nSPS) is 13.6. The minimum atomic E-state index is -0.580. The fraction of sp³-hybridized carbons (Fsp3) is 0.182. The third-order valence-corrected chi connectivity index (χ3v) is 2.89. The summed E-state index contributed by atoms with van der Waals surface area (Å²) >= 11 is 6.01. The SMILES string of the molecule is CN1C(=O)COc2c(Cl)cc(C(=O)NC(=N)N)cc21. The number of nitrogens with two attached hydrogens (primary N) is 1. The van der Waals surface area contributed by atoms with Crippen molar-refractivity contribution in [1.82, 2.24) is 5.32 Å². The first-order valence-electron chi connectivity index (χ1n) is 5.28. The van der Waals surface area contributed by atoms with E-state index < -0.39 is 11.9 Å². The number of amides is 2. The van der Waals surface area contributed by atoms with Crippen molar-refractivity contribution in [2.24, 2.45) is 5.73 Å². The first kappa shape index (κ1) is 13.2. The van der Waals surface area contributed by atoms with Gasteiger partial charge in [-0.15, -0.1) is 0 Å². The summed E-state index contributed by atoms with van der Waals surface area (Å²) in [6.45, 7) is -0.0950. The summed E-state index contributed by atoms with van der Waals surface area (Å²) in [7, 11) is 1.56. The molecule has 4 N–H and O–H groups in total. The lowest BCUT2D eigenvalue weighted by molar-refractivity contribution is -0.120. The van der Waals surface area contributed by atoms with Crippen molar-refractivity contribution in [1.29, 1.82) is 5.41 Å². The predicted molar refractivity (Wildman–Crippen MR) is 69.7 cm³/mol. The van der Waals surface area contributed by atoms with Crippen LogP contribution in [0, 0.1) is 5.41 Å². The average Bonchev–Trinajstić information content (AvgIpc) is 2.33. The number of nitrogens with one attached hydrogen (secondary N) is 2. The van der Waals surface area contributed by atoms with E-state index in [0.717, 1.165) is 0 Å². The lowest BCUT2D eigenvalue weighted by Gasteiger charge is -2.27. The van der Waals surface area contributed by atoms with Gasteiger partial charge in [-0.05, 0) is 12.1 Å². The van der Waals surface area contributed by atoms with E-state index in [-0.39, 0.29) is 23.1 Å². The van der Waals surface area contributed by atoms with Gasteiger partial charge < -0.3 is 15.4 Å². The number of carbonyl (C=O) groups excluding carboxylic acids is 2. The van der Waals surface area contributed by atoms with Crippen LogP contribution in [0.2, 0.25) is 5.02 Å². The number of halogens is 1. The smallest absolute Gasteiger partial charge is 0.264 e. The van der Waals surface area contributed by atoms with Gasteiger partial charge in [0.25, 0.3) is 11.8 Å². The Morgan fingerprint density at radius 2 is 2.26 bits per heavy atom. The standard InChI is InChI=1S/C11H11ClN4O3/c1-16-7-3-5(10(18)15-11(13)14)2-6(12)9(7)19-4-8(16)17/h2-3H,4H2,1H3,(H4,13,14,15,18). The van der Waals surface area contributed by atoms with E-state index in [4.69, 9.17) is 27.5 Å². The lowest BCUT2D eigenvalue weighted by Crippen LogP contribution is -2.37. The molecule has 1 aromatic carbocycles. The van der Waals surface area contributed by atoms with E-state index >= 15 is 0 Å². The molecule has 1 aliphatic heterocycles. The Kier molecular flexibility index (Phi) is 3.30. The van der Waals surface area contributed by atoms with E-state index in [1.165, 1.54) is 17.0 Å². The topological polar surface area (TPSA) is 109 Å².